The maximum absolute atomic E-state index is 13.0. The normalized spacial score (nSPS) is 24.1. The molecule has 1 amide bonds. The molecule has 188 valence electrons. The van der Waals surface area contributed by atoms with Crippen molar-refractivity contribution in [1.82, 2.24) is 29.5 Å². The van der Waals surface area contributed by atoms with E-state index in [9.17, 15) is 9.90 Å². The van der Waals surface area contributed by atoms with E-state index in [1.54, 1.807) is 18.7 Å². The molecule has 2 aromatic heterocycles. The number of ether oxygens (including phenoxy) is 2. The van der Waals surface area contributed by atoms with Crippen LogP contribution in [0.1, 0.15) is 35.7 Å². The lowest BCUT2D eigenvalue weighted by atomic mass is 9.89. The molecular formula is C25H29N7O4. The van der Waals surface area contributed by atoms with Crippen molar-refractivity contribution in [2.75, 3.05) is 32.7 Å². The molecule has 11 heteroatoms. The number of aromatic nitrogens is 5. The highest BCUT2D eigenvalue weighted by atomic mass is 16.5. The van der Waals surface area contributed by atoms with Crippen LogP contribution in [-0.4, -0.2) is 80.8 Å². The predicted molar refractivity (Wildman–Crippen MR) is 132 cm³/mol. The fraction of sp³-hybridized carbons (Fsp3) is 0.440. The Bertz CT molecular complexity index is 1380. The van der Waals surface area contributed by atoms with Gasteiger partial charge >= 0.3 is 0 Å². The Labute approximate surface area is 207 Å². The minimum Gasteiger partial charge on any atom is -0.391 e. The van der Waals surface area contributed by atoms with E-state index in [2.05, 4.69) is 20.3 Å². The summed E-state index contributed by atoms with van der Waals surface area (Å²) in [5.74, 6) is 1.24. The van der Waals surface area contributed by atoms with E-state index in [1.807, 2.05) is 30.6 Å². The summed E-state index contributed by atoms with van der Waals surface area (Å²) in [7, 11) is 3.51. The van der Waals surface area contributed by atoms with Crippen LogP contribution >= 0.6 is 0 Å². The van der Waals surface area contributed by atoms with Crippen LogP contribution in [-0.2, 0) is 9.47 Å². The standard InChI is InChI=1S/C25H29N7O4/c1-26-22-10-18(29-24-16(12-28-32(22)24)25(34)30-17-5-6-20(17)33)15-11-27-23-14(15)4-3-8-31(23)19-7-9-36-13-21(19)35-2/h3-4,8,10-12,17,19-21,26,33H,5-7,9,13H2,1-2H3,(H,30,34)/t17-,19-,20+,21-/m0/s1. The van der Waals surface area contributed by atoms with Crippen molar-refractivity contribution in [3.63, 3.8) is 0 Å². The number of pyridine rings is 1. The molecule has 1 aliphatic carbocycles. The number of fused-ring (bicyclic) bond motifs is 2. The summed E-state index contributed by atoms with van der Waals surface area (Å²) in [5.41, 5.74) is 3.30. The van der Waals surface area contributed by atoms with Gasteiger partial charge in [-0.25, -0.2) is 9.97 Å². The summed E-state index contributed by atoms with van der Waals surface area (Å²) in [6, 6.07) is 5.82. The fourth-order valence-corrected chi connectivity index (χ4v) is 5.11. The van der Waals surface area contributed by atoms with Gasteiger partial charge in [-0.3, -0.25) is 4.79 Å². The van der Waals surface area contributed by atoms with Crippen LogP contribution in [0.4, 0.5) is 5.82 Å². The van der Waals surface area contributed by atoms with Crippen molar-refractivity contribution in [2.24, 2.45) is 0 Å². The summed E-state index contributed by atoms with van der Waals surface area (Å²) < 4.78 is 15.1. The first kappa shape index (κ1) is 22.9. The van der Waals surface area contributed by atoms with Gasteiger partial charge < -0.3 is 29.8 Å². The third kappa shape index (κ3) is 3.71. The number of carbonyl (C=O) groups is 1. The van der Waals surface area contributed by atoms with Crippen LogP contribution < -0.4 is 10.6 Å². The zero-order valence-corrected chi connectivity index (χ0v) is 20.2. The number of rotatable bonds is 6. The second-order valence-electron chi connectivity index (χ2n) is 9.32. The average Bonchev–Trinajstić information content (AvgIpc) is 3.54. The molecule has 2 aromatic rings. The maximum Gasteiger partial charge on any atom is 0.257 e. The second kappa shape index (κ2) is 9.16. The monoisotopic (exact) mass is 491 g/mol. The van der Waals surface area contributed by atoms with Gasteiger partial charge in [0.25, 0.3) is 5.91 Å². The lowest BCUT2D eigenvalue weighted by Gasteiger charge is -2.33. The first-order valence-electron chi connectivity index (χ1n) is 12.2. The Morgan fingerprint density at radius 1 is 1.25 bits per heavy atom. The molecule has 4 atom stereocenters. The highest BCUT2D eigenvalue weighted by Gasteiger charge is 2.32. The summed E-state index contributed by atoms with van der Waals surface area (Å²) in [4.78, 5) is 22.6. The number of nitrogens with zero attached hydrogens (tertiary/aromatic N) is 5. The number of anilines is 1. The number of hydrogen-bond donors (Lipinski definition) is 3. The number of amides is 1. The molecular weight excluding hydrogens is 462 g/mol. The van der Waals surface area contributed by atoms with Crippen molar-refractivity contribution in [3.05, 3.63) is 42.4 Å². The second-order valence-corrected chi connectivity index (χ2v) is 9.32. The number of carbonyl (C=O) groups excluding carboxylic acids is 1. The molecule has 4 aliphatic rings. The van der Waals surface area contributed by atoms with Crippen molar-refractivity contribution in [1.29, 1.82) is 0 Å². The molecule has 3 aliphatic heterocycles. The van der Waals surface area contributed by atoms with E-state index in [0.29, 0.717) is 42.4 Å². The first-order chi connectivity index (χ1) is 17.6. The molecule has 1 saturated heterocycles. The van der Waals surface area contributed by atoms with Gasteiger partial charge in [-0.05, 0) is 31.4 Å². The fourth-order valence-electron chi connectivity index (χ4n) is 5.11. The molecule has 0 aromatic carbocycles. The van der Waals surface area contributed by atoms with Gasteiger partial charge in [-0.1, -0.05) is 0 Å². The summed E-state index contributed by atoms with van der Waals surface area (Å²) in [5, 5.41) is 20.3. The highest BCUT2D eigenvalue weighted by molar-refractivity contribution is 6.00. The van der Waals surface area contributed by atoms with Crippen molar-refractivity contribution < 1.29 is 19.4 Å². The van der Waals surface area contributed by atoms with Crippen molar-refractivity contribution >= 4 is 17.4 Å². The largest absolute Gasteiger partial charge is 0.391 e. The van der Waals surface area contributed by atoms with Crippen LogP contribution in [0, 0.1) is 0 Å². The van der Waals surface area contributed by atoms with Crippen LogP contribution in [0.25, 0.3) is 28.3 Å². The molecule has 0 bridgehead atoms. The Morgan fingerprint density at radius 2 is 2.14 bits per heavy atom. The predicted octanol–water partition coefficient (Wildman–Crippen LogP) is 1.97. The average molecular weight is 492 g/mol. The zero-order valence-electron chi connectivity index (χ0n) is 20.2. The van der Waals surface area contributed by atoms with Gasteiger partial charge in [0, 0.05) is 50.4 Å². The minimum absolute atomic E-state index is 0.0538. The molecule has 0 unspecified atom stereocenters. The molecule has 36 heavy (non-hydrogen) atoms. The van der Waals surface area contributed by atoms with Crippen molar-refractivity contribution in [3.8, 4) is 22.6 Å². The number of nitrogens with one attached hydrogen (secondary N) is 2. The molecule has 3 N–H and O–H groups in total. The third-order valence-corrected chi connectivity index (χ3v) is 7.33. The van der Waals surface area contributed by atoms with Gasteiger partial charge in [-0.2, -0.15) is 9.61 Å². The Morgan fingerprint density at radius 3 is 2.89 bits per heavy atom. The van der Waals surface area contributed by atoms with Crippen LogP contribution in [0.3, 0.4) is 0 Å². The number of methoxy groups -OCH3 is 1. The molecule has 1 saturated carbocycles. The smallest absolute Gasteiger partial charge is 0.257 e. The van der Waals surface area contributed by atoms with E-state index < -0.39 is 6.10 Å². The summed E-state index contributed by atoms with van der Waals surface area (Å²) >= 11 is 0. The molecule has 0 radical (unpaired) electrons. The SMILES string of the molecule is CNc1cc(-c2cnc3n([C@H]4CCOC[C@@H]4OC)cccc2-3)nc2c(C(=O)N[C@H]3CC[C@H]3O)cnn12. The highest BCUT2D eigenvalue weighted by Crippen LogP contribution is 2.37. The van der Waals surface area contributed by atoms with Gasteiger partial charge in [-0.15, -0.1) is 0 Å². The van der Waals surface area contributed by atoms with Gasteiger partial charge in [0.1, 0.15) is 23.3 Å². The van der Waals surface area contributed by atoms with E-state index in [1.165, 1.54) is 6.20 Å². The van der Waals surface area contributed by atoms with E-state index in [4.69, 9.17) is 19.4 Å². The lowest BCUT2D eigenvalue weighted by molar-refractivity contribution is -0.0600. The Hall–Kier alpha value is -3.54. The van der Waals surface area contributed by atoms with Crippen LogP contribution in [0.2, 0.25) is 0 Å². The van der Waals surface area contributed by atoms with Crippen LogP contribution in [0.15, 0.2) is 36.8 Å². The number of hydrogen-bond acceptors (Lipinski definition) is 8. The summed E-state index contributed by atoms with van der Waals surface area (Å²) in [6.45, 7) is 1.22. The molecule has 0 spiro atoms. The maximum atomic E-state index is 13.0. The molecule has 6 rings (SSSR count). The van der Waals surface area contributed by atoms with Gasteiger partial charge in [0.2, 0.25) is 0 Å². The Kier molecular flexibility index (Phi) is 5.82. The van der Waals surface area contributed by atoms with Gasteiger partial charge in [0.05, 0.1) is 36.7 Å². The lowest BCUT2D eigenvalue weighted by Crippen LogP contribution is -2.50. The third-order valence-electron chi connectivity index (χ3n) is 7.33. The first-order valence-corrected chi connectivity index (χ1v) is 12.2. The quantitative estimate of drug-likeness (QED) is 0.374. The van der Waals surface area contributed by atoms with E-state index in [0.717, 1.165) is 29.8 Å². The zero-order chi connectivity index (χ0) is 24.8. The molecule has 2 fully saturated rings. The number of aliphatic hydroxyl groups is 1. The summed E-state index contributed by atoms with van der Waals surface area (Å²) in [6.07, 6.45) is 7.10. The van der Waals surface area contributed by atoms with E-state index in [-0.39, 0.29) is 24.1 Å². The Balaban J connectivity index is 1.39. The van der Waals surface area contributed by atoms with Crippen molar-refractivity contribution in [2.45, 2.75) is 43.6 Å². The van der Waals surface area contributed by atoms with Gasteiger partial charge in [0.15, 0.2) is 5.65 Å². The molecule has 5 heterocycles. The molecule has 11 nitrogen and oxygen atoms in total. The minimum atomic E-state index is -0.505. The topological polar surface area (TPSA) is 128 Å². The van der Waals surface area contributed by atoms with E-state index >= 15 is 0 Å². The number of aliphatic hydroxyl groups excluding tert-OH is 1. The van der Waals surface area contributed by atoms with Crippen LogP contribution in [0.5, 0.6) is 0 Å².